The standard InChI is InChI=1S/C21H27NO5/c1-3-21(22-2,18-7-5-4-6-8-18)14-27-20(26)15-9-16(11-23)19(13-25)17(10-15)12-24/h4-10,22-25H,3,11-14H2,1-2H3. The molecular weight excluding hydrogens is 346 g/mol. The maximum atomic E-state index is 12.6. The molecule has 0 radical (unpaired) electrons. The lowest BCUT2D eigenvalue weighted by Crippen LogP contribution is -2.44. The van der Waals surface area contributed by atoms with Gasteiger partial charge in [-0.2, -0.15) is 0 Å². The van der Waals surface area contributed by atoms with E-state index < -0.39 is 11.5 Å². The smallest absolute Gasteiger partial charge is 0.338 e. The third-order valence-electron chi connectivity index (χ3n) is 5.03. The van der Waals surface area contributed by atoms with Crippen LogP contribution >= 0.6 is 0 Å². The topological polar surface area (TPSA) is 99.0 Å². The molecule has 0 saturated heterocycles. The third-order valence-corrected chi connectivity index (χ3v) is 5.03. The number of ether oxygens (including phenoxy) is 1. The molecule has 6 heteroatoms. The zero-order valence-corrected chi connectivity index (χ0v) is 15.7. The summed E-state index contributed by atoms with van der Waals surface area (Å²) in [6.07, 6.45) is 0.716. The second-order valence-corrected chi connectivity index (χ2v) is 6.38. The van der Waals surface area contributed by atoms with Crippen LogP contribution in [0.5, 0.6) is 0 Å². The van der Waals surface area contributed by atoms with Crippen molar-refractivity contribution in [2.24, 2.45) is 0 Å². The number of aliphatic hydroxyl groups excluding tert-OH is 3. The van der Waals surface area contributed by atoms with Gasteiger partial charge in [-0.05, 0) is 47.9 Å². The summed E-state index contributed by atoms with van der Waals surface area (Å²) in [7, 11) is 1.83. The van der Waals surface area contributed by atoms with Crippen LogP contribution in [-0.4, -0.2) is 34.9 Å². The average molecular weight is 373 g/mol. The first kappa shape index (κ1) is 21.1. The second kappa shape index (κ2) is 9.62. The van der Waals surface area contributed by atoms with Crippen LogP contribution in [0.25, 0.3) is 0 Å². The molecule has 0 aliphatic rings. The molecule has 27 heavy (non-hydrogen) atoms. The van der Waals surface area contributed by atoms with Crippen LogP contribution in [0.1, 0.15) is 46.0 Å². The quantitative estimate of drug-likeness (QED) is 0.501. The highest BCUT2D eigenvalue weighted by atomic mass is 16.5. The number of carbonyl (C=O) groups excluding carboxylic acids is 1. The number of likely N-dealkylation sites (N-methyl/N-ethyl adjacent to an activating group) is 1. The van der Waals surface area contributed by atoms with E-state index in [-0.39, 0.29) is 32.0 Å². The number of rotatable bonds is 9. The van der Waals surface area contributed by atoms with Crippen LogP contribution in [0.15, 0.2) is 42.5 Å². The van der Waals surface area contributed by atoms with Crippen LogP contribution in [0, 0.1) is 0 Å². The Morgan fingerprint density at radius 1 is 1.04 bits per heavy atom. The summed E-state index contributed by atoms with van der Waals surface area (Å²) in [5, 5.41) is 31.7. The fraction of sp³-hybridized carbons (Fsp3) is 0.381. The summed E-state index contributed by atoms with van der Waals surface area (Å²) in [6.45, 7) is 1.13. The van der Waals surface area contributed by atoms with Gasteiger partial charge in [0.05, 0.1) is 30.9 Å². The molecule has 6 nitrogen and oxygen atoms in total. The normalized spacial score (nSPS) is 13.2. The van der Waals surface area contributed by atoms with Gasteiger partial charge in [0, 0.05) is 0 Å². The molecular formula is C21H27NO5. The molecule has 0 amide bonds. The molecule has 1 atom stereocenters. The lowest BCUT2D eigenvalue weighted by molar-refractivity contribution is 0.0360. The second-order valence-electron chi connectivity index (χ2n) is 6.38. The lowest BCUT2D eigenvalue weighted by atomic mass is 9.88. The molecule has 2 rings (SSSR count). The summed E-state index contributed by atoms with van der Waals surface area (Å²) < 4.78 is 5.58. The fourth-order valence-corrected chi connectivity index (χ4v) is 3.21. The van der Waals surface area contributed by atoms with E-state index >= 15 is 0 Å². The van der Waals surface area contributed by atoms with Gasteiger partial charge in [0.2, 0.25) is 0 Å². The van der Waals surface area contributed by atoms with Crippen LogP contribution in [0.2, 0.25) is 0 Å². The molecule has 2 aromatic carbocycles. The number of esters is 1. The number of hydrogen-bond acceptors (Lipinski definition) is 6. The van der Waals surface area contributed by atoms with Gasteiger partial charge in [-0.15, -0.1) is 0 Å². The maximum Gasteiger partial charge on any atom is 0.338 e. The number of benzene rings is 2. The molecule has 4 N–H and O–H groups in total. The Morgan fingerprint density at radius 2 is 1.63 bits per heavy atom. The first-order valence-electron chi connectivity index (χ1n) is 8.94. The molecule has 0 aromatic heterocycles. The number of nitrogens with one attached hydrogen (secondary N) is 1. The first-order chi connectivity index (χ1) is 13.0. The molecule has 0 fully saturated rings. The minimum Gasteiger partial charge on any atom is -0.460 e. The molecule has 0 saturated carbocycles. The van der Waals surface area contributed by atoms with Gasteiger partial charge in [0.25, 0.3) is 0 Å². The van der Waals surface area contributed by atoms with Crippen molar-refractivity contribution in [3.8, 4) is 0 Å². The van der Waals surface area contributed by atoms with Crippen molar-refractivity contribution in [1.82, 2.24) is 5.32 Å². The molecule has 0 spiro atoms. The Kier molecular flexibility index (Phi) is 7.50. The molecule has 0 bridgehead atoms. The van der Waals surface area contributed by atoms with Crippen LogP contribution in [0.3, 0.4) is 0 Å². The zero-order valence-electron chi connectivity index (χ0n) is 15.7. The van der Waals surface area contributed by atoms with E-state index in [0.29, 0.717) is 23.1 Å². The SMILES string of the molecule is CCC(COC(=O)c1cc(CO)c(CO)c(CO)c1)(NC)c1ccccc1. The Labute approximate surface area is 159 Å². The monoisotopic (exact) mass is 373 g/mol. The highest BCUT2D eigenvalue weighted by Crippen LogP contribution is 2.26. The van der Waals surface area contributed by atoms with Crippen molar-refractivity contribution < 1.29 is 24.9 Å². The van der Waals surface area contributed by atoms with Crippen molar-refractivity contribution in [1.29, 1.82) is 0 Å². The van der Waals surface area contributed by atoms with Gasteiger partial charge in [-0.3, -0.25) is 0 Å². The fourth-order valence-electron chi connectivity index (χ4n) is 3.21. The van der Waals surface area contributed by atoms with E-state index in [1.165, 1.54) is 12.1 Å². The number of carbonyl (C=O) groups is 1. The zero-order chi connectivity index (χ0) is 19.9. The molecule has 146 valence electrons. The third kappa shape index (κ3) is 4.54. The minimum atomic E-state index is -0.548. The van der Waals surface area contributed by atoms with Crippen molar-refractivity contribution in [3.63, 3.8) is 0 Å². The van der Waals surface area contributed by atoms with Gasteiger partial charge in [-0.25, -0.2) is 4.79 Å². The highest BCUT2D eigenvalue weighted by Gasteiger charge is 2.30. The number of aliphatic hydroxyl groups is 3. The van der Waals surface area contributed by atoms with Gasteiger partial charge in [-0.1, -0.05) is 37.3 Å². The van der Waals surface area contributed by atoms with Gasteiger partial charge in [0.15, 0.2) is 0 Å². The van der Waals surface area contributed by atoms with Crippen molar-refractivity contribution in [3.05, 3.63) is 70.3 Å². The van der Waals surface area contributed by atoms with Gasteiger partial charge >= 0.3 is 5.97 Å². The maximum absolute atomic E-state index is 12.6. The van der Waals surface area contributed by atoms with Gasteiger partial charge < -0.3 is 25.4 Å². The summed E-state index contributed by atoms with van der Waals surface area (Å²) in [5.74, 6) is -0.548. The predicted molar refractivity (Wildman–Crippen MR) is 102 cm³/mol. The van der Waals surface area contributed by atoms with Crippen LogP contribution < -0.4 is 5.32 Å². The minimum absolute atomic E-state index is 0.132. The highest BCUT2D eigenvalue weighted by molar-refractivity contribution is 5.90. The summed E-state index contributed by atoms with van der Waals surface area (Å²) in [4.78, 5) is 12.6. The first-order valence-corrected chi connectivity index (χ1v) is 8.94. The van der Waals surface area contributed by atoms with Crippen LogP contribution in [-0.2, 0) is 30.1 Å². The Morgan fingerprint density at radius 3 is 2.07 bits per heavy atom. The Balaban J connectivity index is 2.26. The van der Waals surface area contributed by atoms with Crippen molar-refractivity contribution in [2.75, 3.05) is 13.7 Å². The van der Waals surface area contributed by atoms with E-state index in [4.69, 9.17) is 4.74 Å². The summed E-state index contributed by atoms with van der Waals surface area (Å²) in [6, 6.07) is 12.8. The van der Waals surface area contributed by atoms with Crippen molar-refractivity contribution in [2.45, 2.75) is 38.7 Å². The summed E-state index contributed by atoms with van der Waals surface area (Å²) >= 11 is 0. The Bertz CT molecular complexity index is 731. The average Bonchev–Trinajstić information content (AvgIpc) is 2.74. The number of hydrogen-bond donors (Lipinski definition) is 4. The largest absolute Gasteiger partial charge is 0.460 e. The molecule has 0 heterocycles. The van der Waals surface area contributed by atoms with Crippen molar-refractivity contribution >= 4 is 5.97 Å². The Hall–Kier alpha value is -2.25. The van der Waals surface area contributed by atoms with Crippen LogP contribution in [0.4, 0.5) is 0 Å². The molecule has 1 unspecified atom stereocenters. The van der Waals surface area contributed by atoms with E-state index in [0.717, 1.165) is 5.56 Å². The van der Waals surface area contributed by atoms with Gasteiger partial charge in [0.1, 0.15) is 6.61 Å². The van der Waals surface area contributed by atoms with E-state index in [2.05, 4.69) is 5.32 Å². The molecule has 0 aliphatic carbocycles. The van der Waals surface area contributed by atoms with E-state index in [9.17, 15) is 20.1 Å². The summed E-state index contributed by atoms with van der Waals surface area (Å²) in [5.41, 5.74) is 1.96. The molecule has 0 aliphatic heterocycles. The van der Waals surface area contributed by atoms with E-state index in [1.54, 1.807) is 0 Å². The van der Waals surface area contributed by atoms with E-state index in [1.807, 2.05) is 44.3 Å². The predicted octanol–water partition coefficient (Wildman–Crippen LogP) is 1.85. The molecule has 2 aromatic rings. The lowest BCUT2D eigenvalue weighted by Gasteiger charge is -2.32.